The fourth-order valence-electron chi connectivity index (χ4n) is 2.39. The molecule has 2 aromatic rings. The van der Waals surface area contributed by atoms with E-state index in [1.807, 2.05) is 0 Å². The number of hydrogen-bond acceptors (Lipinski definition) is 10. The monoisotopic (exact) mass is 385 g/mol. The molecule has 0 amide bonds. The Labute approximate surface area is 161 Å². The van der Waals surface area contributed by atoms with Crippen molar-refractivity contribution in [3.63, 3.8) is 0 Å². The minimum absolute atomic E-state index is 0. The van der Waals surface area contributed by atoms with Crippen LogP contribution in [0.4, 0.5) is 5.95 Å². The molecule has 0 saturated carbocycles. The zero-order valence-electron chi connectivity index (χ0n) is 12.8. The molecule has 15 heteroatoms. The Kier molecular flexibility index (Phi) is 6.06. The molecular weight excluding hydrogens is 372 g/mol. The number of phosphoric acid groups is 1. The van der Waals surface area contributed by atoms with Crippen molar-refractivity contribution in [1.29, 1.82) is 0 Å². The molecule has 1 saturated heterocycles. The molecule has 1 aliphatic heterocycles. The molecule has 3 heterocycles. The Bertz CT molecular complexity index is 867. The van der Waals surface area contributed by atoms with E-state index in [0.29, 0.717) is 0 Å². The van der Waals surface area contributed by atoms with Crippen LogP contribution in [0.5, 0.6) is 0 Å². The average molecular weight is 385 g/mol. The Morgan fingerprint density at radius 1 is 1.48 bits per heavy atom. The van der Waals surface area contributed by atoms with Crippen molar-refractivity contribution >= 4 is 24.9 Å². The fraction of sp³-hybridized carbons (Fsp3) is 0.500. The second kappa shape index (κ2) is 7.40. The number of aliphatic hydroxyl groups excluding tert-OH is 2. The summed E-state index contributed by atoms with van der Waals surface area (Å²) < 4.78 is 21.3. The summed E-state index contributed by atoms with van der Waals surface area (Å²) in [5.74, 6) is -0.185. The molecule has 132 valence electrons. The van der Waals surface area contributed by atoms with Crippen LogP contribution in [0.25, 0.3) is 11.2 Å². The number of ether oxygens (including phenoxy) is 1. The SMILES string of the molecule is Nc1nc2c(ncn2[C@H]2O[C@@H](COP(=O)([O-])O)[C@H](O)[C@@H]2O)c(=O)[nH]1.[Na+]. The number of phosphoric ester groups is 1. The molecule has 5 atom stereocenters. The maximum Gasteiger partial charge on any atom is 1.00 e. The first-order chi connectivity index (χ1) is 11.2. The van der Waals surface area contributed by atoms with Crippen LogP contribution >= 0.6 is 7.82 Å². The first-order valence-electron chi connectivity index (χ1n) is 6.59. The minimum Gasteiger partial charge on any atom is -0.756 e. The van der Waals surface area contributed by atoms with Gasteiger partial charge in [-0.1, -0.05) is 0 Å². The molecule has 0 aliphatic carbocycles. The molecule has 13 nitrogen and oxygen atoms in total. The number of aromatic amines is 1. The van der Waals surface area contributed by atoms with E-state index < -0.39 is 44.5 Å². The maximum atomic E-state index is 11.7. The summed E-state index contributed by atoms with van der Waals surface area (Å²) in [6.45, 7) is -0.714. The van der Waals surface area contributed by atoms with Gasteiger partial charge in [-0.3, -0.25) is 18.9 Å². The van der Waals surface area contributed by atoms with E-state index in [-0.39, 0.29) is 46.7 Å². The second-order valence-corrected chi connectivity index (χ2v) is 6.28. The van der Waals surface area contributed by atoms with Crippen molar-refractivity contribution < 1.29 is 63.4 Å². The standard InChI is InChI=1S/C10H14N5O8P.Na/c11-10-13-7-4(8(18)14-10)12-2-15(7)9-6(17)5(16)3(23-9)1-22-24(19,20)21;/h2-3,5-6,9,16-17H,1H2,(H2,19,20,21)(H3,11,13,14,18);/q;+1/p-1/t3-,5-,6-,9-;/m0./s1. The third kappa shape index (κ3) is 4.11. The third-order valence-electron chi connectivity index (χ3n) is 3.46. The first-order valence-corrected chi connectivity index (χ1v) is 8.09. The van der Waals surface area contributed by atoms with Gasteiger partial charge in [0.2, 0.25) is 5.95 Å². The van der Waals surface area contributed by atoms with Crippen molar-refractivity contribution in [2.45, 2.75) is 24.5 Å². The molecule has 0 spiro atoms. The number of aliphatic hydroxyl groups is 2. The number of rotatable bonds is 4. The number of H-pyrrole nitrogens is 1. The van der Waals surface area contributed by atoms with Crippen LogP contribution in [0, 0.1) is 0 Å². The van der Waals surface area contributed by atoms with Gasteiger partial charge >= 0.3 is 29.6 Å². The summed E-state index contributed by atoms with van der Waals surface area (Å²) in [4.78, 5) is 40.9. The van der Waals surface area contributed by atoms with E-state index in [2.05, 4.69) is 19.5 Å². The van der Waals surface area contributed by atoms with Gasteiger partial charge in [0, 0.05) is 0 Å². The zero-order chi connectivity index (χ0) is 17.6. The third-order valence-corrected chi connectivity index (χ3v) is 3.94. The van der Waals surface area contributed by atoms with Gasteiger partial charge in [0.05, 0.1) is 12.9 Å². The van der Waals surface area contributed by atoms with Crippen LogP contribution in [0.1, 0.15) is 6.23 Å². The van der Waals surface area contributed by atoms with Crippen molar-refractivity contribution in [2.24, 2.45) is 0 Å². The summed E-state index contributed by atoms with van der Waals surface area (Å²) in [7, 11) is -5.01. The number of anilines is 1. The number of aromatic nitrogens is 4. The summed E-state index contributed by atoms with van der Waals surface area (Å²) >= 11 is 0. The second-order valence-electron chi connectivity index (χ2n) is 5.09. The average Bonchev–Trinajstić information content (AvgIpc) is 3.00. The minimum atomic E-state index is -5.01. The Balaban J connectivity index is 0.00000225. The van der Waals surface area contributed by atoms with Gasteiger partial charge in [0.1, 0.15) is 18.3 Å². The summed E-state index contributed by atoms with van der Waals surface area (Å²) in [5.41, 5.74) is 4.81. The molecular formula is C10H13N5NaO8P. The number of nitrogens with zero attached hydrogens (tertiary/aromatic N) is 3. The molecule has 1 unspecified atom stereocenters. The van der Waals surface area contributed by atoms with Crippen LogP contribution in [0.2, 0.25) is 0 Å². The number of nitrogens with one attached hydrogen (secondary N) is 1. The van der Waals surface area contributed by atoms with Gasteiger partial charge in [0.25, 0.3) is 13.4 Å². The Morgan fingerprint density at radius 2 is 2.16 bits per heavy atom. The Hall–Kier alpha value is -0.860. The molecule has 25 heavy (non-hydrogen) atoms. The first kappa shape index (κ1) is 20.5. The summed E-state index contributed by atoms with van der Waals surface area (Å²) in [6, 6.07) is 0. The van der Waals surface area contributed by atoms with Gasteiger partial charge in [-0.25, -0.2) is 4.98 Å². The topological polar surface area (TPSA) is 209 Å². The summed E-state index contributed by atoms with van der Waals surface area (Å²) in [5, 5.41) is 20.0. The normalized spacial score (nSPS) is 28.6. The van der Waals surface area contributed by atoms with Gasteiger partial charge in [-0.2, -0.15) is 4.98 Å². The molecule has 1 fully saturated rings. The van der Waals surface area contributed by atoms with Crippen LogP contribution in [0.15, 0.2) is 11.1 Å². The quantitative estimate of drug-likeness (QED) is 0.247. The predicted octanol–water partition coefficient (Wildman–Crippen LogP) is -6.20. The van der Waals surface area contributed by atoms with Gasteiger partial charge in [-0.15, -0.1) is 0 Å². The van der Waals surface area contributed by atoms with Gasteiger partial charge in [-0.05, 0) is 0 Å². The number of nitrogen functional groups attached to an aromatic ring is 1. The van der Waals surface area contributed by atoms with Crippen molar-refractivity contribution in [3.8, 4) is 0 Å². The molecule has 0 radical (unpaired) electrons. The van der Waals surface area contributed by atoms with Crippen LogP contribution in [0.3, 0.4) is 0 Å². The molecule has 1 aliphatic rings. The fourth-order valence-corrected chi connectivity index (χ4v) is 2.73. The van der Waals surface area contributed by atoms with E-state index in [4.69, 9.17) is 15.4 Å². The largest absolute Gasteiger partial charge is 1.00 e. The maximum absolute atomic E-state index is 11.7. The molecule has 3 rings (SSSR count). The van der Waals surface area contributed by atoms with E-state index in [0.717, 1.165) is 6.33 Å². The van der Waals surface area contributed by atoms with Crippen LogP contribution < -0.4 is 45.7 Å². The number of hydrogen-bond donors (Lipinski definition) is 5. The van der Waals surface area contributed by atoms with E-state index in [1.165, 1.54) is 4.57 Å². The van der Waals surface area contributed by atoms with Crippen LogP contribution in [-0.2, 0) is 13.8 Å². The number of fused-ring (bicyclic) bond motifs is 1. The Morgan fingerprint density at radius 3 is 2.80 bits per heavy atom. The molecule has 6 N–H and O–H groups in total. The van der Waals surface area contributed by atoms with Crippen molar-refractivity contribution in [2.75, 3.05) is 12.3 Å². The van der Waals surface area contributed by atoms with E-state index in [9.17, 15) is 24.5 Å². The van der Waals surface area contributed by atoms with E-state index in [1.54, 1.807) is 0 Å². The van der Waals surface area contributed by atoms with Crippen molar-refractivity contribution in [1.82, 2.24) is 19.5 Å². The zero-order valence-corrected chi connectivity index (χ0v) is 15.7. The molecule has 0 bridgehead atoms. The van der Waals surface area contributed by atoms with Gasteiger partial charge < -0.3 is 35.0 Å². The number of nitrogens with two attached hydrogens (primary N) is 1. The smallest absolute Gasteiger partial charge is 0.756 e. The van der Waals surface area contributed by atoms with E-state index >= 15 is 0 Å². The van der Waals surface area contributed by atoms with Crippen LogP contribution in [-0.4, -0.2) is 59.5 Å². The van der Waals surface area contributed by atoms with Gasteiger partial charge in [0.15, 0.2) is 17.4 Å². The predicted molar refractivity (Wildman–Crippen MR) is 74.3 cm³/mol. The summed E-state index contributed by atoms with van der Waals surface area (Å²) in [6.07, 6.45) is -4.34. The molecule has 0 aromatic carbocycles. The number of imidazole rings is 1. The molecule has 2 aromatic heterocycles. The van der Waals surface area contributed by atoms with Crippen molar-refractivity contribution in [3.05, 3.63) is 16.7 Å².